The summed E-state index contributed by atoms with van der Waals surface area (Å²) in [6, 6.07) is 15.1. The van der Waals surface area contributed by atoms with Gasteiger partial charge in [-0.1, -0.05) is 24.3 Å². The van der Waals surface area contributed by atoms with Crippen molar-refractivity contribution in [1.82, 2.24) is 15.2 Å². The van der Waals surface area contributed by atoms with E-state index in [1.54, 1.807) is 12.1 Å². The van der Waals surface area contributed by atoms with Crippen LogP contribution in [0.25, 0.3) is 11.4 Å². The minimum absolute atomic E-state index is 0.271. The number of anilines is 1. The lowest BCUT2D eigenvalue weighted by atomic mass is 10.1. The molecule has 0 saturated heterocycles. The smallest absolute Gasteiger partial charge is 0.183 e. The van der Waals surface area contributed by atoms with E-state index in [9.17, 15) is 5.11 Å². The molecule has 21 heavy (non-hydrogen) atoms. The van der Waals surface area contributed by atoms with Crippen LogP contribution in [0.4, 0.5) is 5.69 Å². The summed E-state index contributed by atoms with van der Waals surface area (Å²) in [5.74, 6) is 1.73. The second-order valence-electron chi connectivity index (χ2n) is 4.81. The predicted octanol–water partition coefficient (Wildman–Crippen LogP) is 3.10. The number of hydrogen-bond acceptors (Lipinski definition) is 4. The summed E-state index contributed by atoms with van der Waals surface area (Å²) in [6.45, 7) is 2.49. The number of hydrogen-bond donors (Lipinski definition) is 3. The summed E-state index contributed by atoms with van der Waals surface area (Å²) in [6.07, 6.45) is 0. The van der Waals surface area contributed by atoms with Gasteiger partial charge in [-0.15, -0.1) is 0 Å². The second-order valence-corrected chi connectivity index (χ2v) is 4.81. The van der Waals surface area contributed by atoms with Gasteiger partial charge in [-0.3, -0.25) is 5.10 Å². The van der Waals surface area contributed by atoms with Crippen LogP contribution in [-0.2, 0) is 6.54 Å². The first-order valence-corrected chi connectivity index (χ1v) is 6.72. The van der Waals surface area contributed by atoms with E-state index in [-0.39, 0.29) is 5.75 Å². The molecule has 1 heterocycles. The largest absolute Gasteiger partial charge is 0.508 e. The average molecular weight is 280 g/mol. The lowest BCUT2D eigenvalue weighted by Crippen LogP contribution is -2.01. The van der Waals surface area contributed by atoms with Crippen molar-refractivity contribution < 1.29 is 5.11 Å². The van der Waals surface area contributed by atoms with Crippen LogP contribution in [0, 0.1) is 6.92 Å². The van der Waals surface area contributed by atoms with Gasteiger partial charge in [0.15, 0.2) is 5.82 Å². The van der Waals surface area contributed by atoms with Crippen LogP contribution in [0.3, 0.4) is 0 Å². The number of phenolic OH excluding ortho intramolecular Hbond substituents is 1. The fourth-order valence-corrected chi connectivity index (χ4v) is 2.16. The van der Waals surface area contributed by atoms with Gasteiger partial charge in [0.05, 0.1) is 0 Å². The maximum absolute atomic E-state index is 9.49. The highest BCUT2D eigenvalue weighted by molar-refractivity contribution is 5.73. The highest BCUT2D eigenvalue weighted by Crippen LogP contribution is 2.25. The molecular formula is C16H16N4O. The van der Waals surface area contributed by atoms with E-state index in [2.05, 4.69) is 20.5 Å². The van der Waals surface area contributed by atoms with Crippen LogP contribution in [0.5, 0.6) is 5.75 Å². The first kappa shape index (κ1) is 13.2. The highest BCUT2D eigenvalue weighted by Gasteiger charge is 2.08. The molecule has 0 fully saturated rings. The Kier molecular flexibility index (Phi) is 3.55. The molecule has 0 saturated carbocycles. The minimum atomic E-state index is 0.271. The van der Waals surface area contributed by atoms with E-state index >= 15 is 0 Å². The molecule has 5 heteroatoms. The zero-order chi connectivity index (χ0) is 14.7. The van der Waals surface area contributed by atoms with E-state index < -0.39 is 0 Å². The van der Waals surface area contributed by atoms with Crippen molar-refractivity contribution in [2.45, 2.75) is 13.5 Å². The number of benzene rings is 2. The molecule has 5 nitrogen and oxygen atoms in total. The van der Waals surface area contributed by atoms with Crippen LogP contribution >= 0.6 is 0 Å². The van der Waals surface area contributed by atoms with Gasteiger partial charge in [0.1, 0.15) is 11.6 Å². The molecule has 0 aliphatic heterocycles. The lowest BCUT2D eigenvalue weighted by molar-refractivity contribution is 0.474. The summed E-state index contributed by atoms with van der Waals surface area (Å²) in [4.78, 5) is 4.36. The third kappa shape index (κ3) is 3.02. The average Bonchev–Trinajstić information content (AvgIpc) is 2.92. The maximum Gasteiger partial charge on any atom is 0.183 e. The number of aromatic nitrogens is 3. The van der Waals surface area contributed by atoms with Crippen LogP contribution < -0.4 is 5.32 Å². The molecular weight excluding hydrogens is 264 g/mol. The van der Waals surface area contributed by atoms with Crippen molar-refractivity contribution in [3.8, 4) is 17.1 Å². The van der Waals surface area contributed by atoms with Gasteiger partial charge in [-0.2, -0.15) is 5.10 Å². The van der Waals surface area contributed by atoms with Crippen molar-refractivity contribution >= 4 is 5.69 Å². The Hall–Kier alpha value is -2.82. The monoisotopic (exact) mass is 280 g/mol. The first-order chi connectivity index (χ1) is 10.2. The van der Waals surface area contributed by atoms with E-state index in [1.807, 2.05) is 43.3 Å². The molecule has 106 valence electrons. The van der Waals surface area contributed by atoms with Crippen LogP contribution in [-0.4, -0.2) is 20.3 Å². The molecule has 3 N–H and O–H groups in total. The number of rotatable bonds is 4. The molecule has 0 radical (unpaired) electrons. The Morgan fingerprint density at radius 3 is 2.76 bits per heavy atom. The fourth-order valence-electron chi connectivity index (χ4n) is 2.16. The lowest BCUT2D eigenvalue weighted by Gasteiger charge is -2.10. The molecule has 3 aromatic rings. The van der Waals surface area contributed by atoms with Crippen molar-refractivity contribution in [3.63, 3.8) is 0 Å². The standard InChI is InChI=1S/C16H16N4O/c1-11-18-16(20-19-11)14-7-2-3-8-15(14)17-10-12-5-4-6-13(21)9-12/h2-9,17,21H,10H2,1H3,(H,18,19,20). The van der Waals surface area contributed by atoms with Crippen molar-refractivity contribution in [2.24, 2.45) is 0 Å². The molecule has 0 atom stereocenters. The maximum atomic E-state index is 9.49. The van der Waals surface area contributed by atoms with E-state index in [0.29, 0.717) is 12.4 Å². The molecule has 0 amide bonds. The van der Waals surface area contributed by atoms with Gasteiger partial charge in [-0.25, -0.2) is 4.98 Å². The molecule has 0 aliphatic carbocycles. The van der Waals surface area contributed by atoms with Gasteiger partial charge in [0.25, 0.3) is 0 Å². The number of phenols is 1. The van der Waals surface area contributed by atoms with Gasteiger partial charge in [0, 0.05) is 17.8 Å². The Bertz CT molecular complexity index is 751. The van der Waals surface area contributed by atoms with Crippen molar-refractivity contribution in [1.29, 1.82) is 0 Å². The van der Waals surface area contributed by atoms with Gasteiger partial charge < -0.3 is 10.4 Å². The Morgan fingerprint density at radius 1 is 1.14 bits per heavy atom. The van der Waals surface area contributed by atoms with Crippen LogP contribution in [0.15, 0.2) is 48.5 Å². The summed E-state index contributed by atoms with van der Waals surface area (Å²) < 4.78 is 0. The summed E-state index contributed by atoms with van der Waals surface area (Å²) >= 11 is 0. The van der Waals surface area contributed by atoms with Crippen LogP contribution in [0.1, 0.15) is 11.4 Å². The van der Waals surface area contributed by atoms with Crippen LogP contribution in [0.2, 0.25) is 0 Å². The number of aromatic amines is 1. The number of aromatic hydroxyl groups is 1. The predicted molar refractivity (Wildman–Crippen MR) is 82.0 cm³/mol. The molecule has 0 spiro atoms. The second kappa shape index (κ2) is 5.66. The van der Waals surface area contributed by atoms with Crippen molar-refractivity contribution in [2.75, 3.05) is 5.32 Å². The Labute approximate surface area is 122 Å². The molecule has 0 aliphatic rings. The van der Waals surface area contributed by atoms with Crippen molar-refractivity contribution in [3.05, 3.63) is 59.9 Å². The number of nitrogens with zero attached hydrogens (tertiary/aromatic N) is 2. The summed E-state index contributed by atoms with van der Waals surface area (Å²) in [7, 11) is 0. The highest BCUT2D eigenvalue weighted by atomic mass is 16.3. The first-order valence-electron chi connectivity index (χ1n) is 6.72. The molecule has 0 unspecified atom stereocenters. The Morgan fingerprint density at radius 2 is 2.00 bits per heavy atom. The minimum Gasteiger partial charge on any atom is -0.508 e. The third-order valence-corrected chi connectivity index (χ3v) is 3.16. The quantitative estimate of drug-likeness (QED) is 0.686. The molecule has 2 aromatic carbocycles. The molecule has 3 rings (SSSR count). The zero-order valence-electron chi connectivity index (χ0n) is 11.7. The number of H-pyrrole nitrogens is 1. The van der Waals surface area contributed by atoms with E-state index in [1.165, 1.54) is 0 Å². The van der Waals surface area contributed by atoms with Gasteiger partial charge in [0.2, 0.25) is 0 Å². The zero-order valence-corrected chi connectivity index (χ0v) is 11.7. The van der Waals surface area contributed by atoms with Gasteiger partial charge in [-0.05, 0) is 36.8 Å². The number of nitrogens with one attached hydrogen (secondary N) is 2. The van der Waals surface area contributed by atoms with E-state index in [4.69, 9.17) is 0 Å². The number of aryl methyl sites for hydroxylation is 1. The number of para-hydroxylation sites is 1. The SMILES string of the molecule is Cc1nc(-c2ccccc2NCc2cccc(O)c2)n[nH]1. The summed E-state index contributed by atoms with van der Waals surface area (Å²) in [5, 5.41) is 19.9. The van der Waals surface area contributed by atoms with E-state index in [0.717, 1.165) is 22.6 Å². The summed E-state index contributed by atoms with van der Waals surface area (Å²) in [5.41, 5.74) is 2.91. The Balaban J connectivity index is 1.83. The topological polar surface area (TPSA) is 73.8 Å². The normalized spacial score (nSPS) is 10.5. The fraction of sp³-hybridized carbons (Fsp3) is 0.125. The van der Waals surface area contributed by atoms with Gasteiger partial charge >= 0.3 is 0 Å². The third-order valence-electron chi connectivity index (χ3n) is 3.16. The molecule has 0 bridgehead atoms. The molecule has 1 aromatic heterocycles.